The number of imidazole rings is 1. The lowest BCUT2D eigenvalue weighted by Gasteiger charge is -2.11. The molecule has 0 saturated heterocycles. The standard InChI is InChI=1S/C26H30N6O/c1-4-27-26(30-16-24-18-33-25(31-24)23-10-8-19(2)9-11-23)29-15-21-6-5-7-22(14-21)17-32-13-12-28-20(32)3/h5-14,18H,4,15-17H2,1-3H3,(H2,27,29,30). The number of benzene rings is 2. The van der Waals surface area contributed by atoms with E-state index in [2.05, 4.69) is 75.4 Å². The van der Waals surface area contributed by atoms with Crippen LogP contribution in [0, 0.1) is 13.8 Å². The molecular weight excluding hydrogens is 412 g/mol. The fourth-order valence-corrected chi connectivity index (χ4v) is 3.50. The summed E-state index contributed by atoms with van der Waals surface area (Å²) in [6.45, 7) is 8.82. The van der Waals surface area contributed by atoms with E-state index in [1.807, 2.05) is 31.5 Å². The van der Waals surface area contributed by atoms with Crippen LogP contribution < -0.4 is 10.6 Å². The molecule has 0 atom stereocenters. The predicted molar refractivity (Wildman–Crippen MR) is 131 cm³/mol. The highest BCUT2D eigenvalue weighted by molar-refractivity contribution is 5.79. The normalized spacial score (nSPS) is 11.5. The van der Waals surface area contributed by atoms with Gasteiger partial charge in [-0.2, -0.15) is 0 Å². The Balaban J connectivity index is 1.37. The Morgan fingerprint density at radius 1 is 1.06 bits per heavy atom. The maximum Gasteiger partial charge on any atom is 0.226 e. The number of nitrogens with one attached hydrogen (secondary N) is 2. The van der Waals surface area contributed by atoms with Crippen LogP contribution >= 0.6 is 0 Å². The summed E-state index contributed by atoms with van der Waals surface area (Å²) in [6.07, 6.45) is 5.52. The number of hydrogen-bond acceptors (Lipinski definition) is 4. The van der Waals surface area contributed by atoms with Crippen molar-refractivity contribution in [3.05, 3.63) is 95.4 Å². The first-order valence-corrected chi connectivity index (χ1v) is 11.2. The Morgan fingerprint density at radius 3 is 2.64 bits per heavy atom. The summed E-state index contributed by atoms with van der Waals surface area (Å²) in [4.78, 5) is 13.6. The molecule has 0 aliphatic rings. The molecule has 0 radical (unpaired) electrons. The number of nitrogens with zero attached hydrogens (tertiary/aromatic N) is 4. The topological polar surface area (TPSA) is 80.3 Å². The third kappa shape index (κ3) is 6.10. The Kier molecular flexibility index (Phi) is 7.19. The van der Waals surface area contributed by atoms with Crippen LogP contribution in [0.15, 0.2) is 76.6 Å². The van der Waals surface area contributed by atoms with E-state index in [9.17, 15) is 0 Å². The molecule has 7 nitrogen and oxygen atoms in total. The summed E-state index contributed by atoms with van der Waals surface area (Å²) in [6, 6.07) is 16.7. The van der Waals surface area contributed by atoms with Crippen molar-refractivity contribution in [2.75, 3.05) is 6.54 Å². The first kappa shape index (κ1) is 22.3. The zero-order chi connectivity index (χ0) is 23.0. The minimum absolute atomic E-state index is 0.529. The van der Waals surface area contributed by atoms with E-state index in [4.69, 9.17) is 9.41 Å². The minimum Gasteiger partial charge on any atom is -0.444 e. The molecule has 0 saturated carbocycles. The summed E-state index contributed by atoms with van der Waals surface area (Å²) in [7, 11) is 0. The maximum atomic E-state index is 5.66. The molecule has 2 aromatic heterocycles. The molecule has 0 unspecified atom stereocenters. The van der Waals surface area contributed by atoms with Gasteiger partial charge < -0.3 is 19.6 Å². The fourth-order valence-electron chi connectivity index (χ4n) is 3.50. The Labute approximate surface area is 194 Å². The summed E-state index contributed by atoms with van der Waals surface area (Å²) in [5, 5.41) is 6.64. The van der Waals surface area contributed by atoms with E-state index in [1.165, 1.54) is 11.1 Å². The van der Waals surface area contributed by atoms with Crippen LogP contribution in [0.2, 0.25) is 0 Å². The maximum absolute atomic E-state index is 5.66. The van der Waals surface area contributed by atoms with Gasteiger partial charge in [-0.25, -0.2) is 15.0 Å². The number of aromatic nitrogens is 3. The molecule has 4 aromatic rings. The second kappa shape index (κ2) is 10.6. The van der Waals surface area contributed by atoms with Crippen molar-refractivity contribution in [2.45, 2.75) is 40.4 Å². The van der Waals surface area contributed by atoms with Crippen molar-refractivity contribution >= 4 is 5.96 Å². The summed E-state index contributed by atoms with van der Waals surface area (Å²) >= 11 is 0. The van der Waals surface area contributed by atoms with Gasteiger partial charge in [0.15, 0.2) is 5.96 Å². The number of hydrogen-bond donors (Lipinski definition) is 2. The lowest BCUT2D eigenvalue weighted by atomic mass is 10.1. The van der Waals surface area contributed by atoms with Crippen LogP contribution in [0.1, 0.15) is 35.1 Å². The van der Waals surface area contributed by atoms with Crippen molar-refractivity contribution in [1.82, 2.24) is 25.2 Å². The lowest BCUT2D eigenvalue weighted by Crippen LogP contribution is -2.36. The monoisotopic (exact) mass is 442 g/mol. The predicted octanol–water partition coefficient (Wildman–Crippen LogP) is 4.46. The number of aryl methyl sites for hydroxylation is 2. The molecule has 0 spiro atoms. The summed E-state index contributed by atoms with van der Waals surface area (Å²) in [5.74, 6) is 2.38. The lowest BCUT2D eigenvalue weighted by molar-refractivity contribution is 0.572. The van der Waals surface area contributed by atoms with Gasteiger partial charge in [0, 0.05) is 31.0 Å². The van der Waals surface area contributed by atoms with Gasteiger partial charge in [-0.3, -0.25) is 0 Å². The number of aliphatic imine (C=N–C) groups is 1. The molecule has 0 fully saturated rings. The van der Waals surface area contributed by atoms with Gasteiger partial charge in [0.25, 0.3) is 0 Å². The summed E-state index contributed by atoms with van der Waals surface area (Å²) in [5.41, 5.74) is 5.40. The Morgan fingerprint density at radius 2 is 1.88 bits per heavy atom. The molecule has 2 N–H and O–H groups in total. The highest BCUT2D eigenvalue weighted by Crippen LogP contribution is 2.19. The number of oxazole rings is 1. The average molecular weight is 443 g/mol. The fraction of sp³-hybridized carbons (Fsp3) is 0.269. The molecule has 7 heteroatoms. The third-order valence-corrected chi connectivity index (χ3v) is 5.32. The quantitative estimate of drug-likeness (QED) is 0.311. The smallest absolute Gasteiger partial charge is 0.226 e. The van der Waals surface area contributed by atoms with E-state index in [0.717, 1.165) is 41.7 Å². The second-order valence-corrected chi connectivity index (χ2v) is 7.98. The first-order valence-electron chi connectivity index (χ1n) is 11.2. The molecular formula is C26H30N6O. The molecule has 0 amide bonds. The van der Waals surface area contributed by atoms with Gasteiger partial charge in [0.2, 0.25) is 5.89 Å². The zero-order valence-electron chi connectivity index (χ0n) is 19.4. The zero-order valence-corrected chi connectivity index (χ0v) is 19.4. The minimum atomic E-state index is 0.529. The molecule has 33 heavy (non-hydrogen) atoms. The first-order chi connectivity index (χ1) is 16.1. The molecule has 4 rings (SSSR count). The van der Waals surface area contributed by atoms with Crippen LogP contribution in [-0.4, -0.2) is 27.0 Å². The largest absolute Gasteiger partial charge is 0.444 e. The van der Waals surface area contributed by atoms with Gasteiger partial charge in [-0.05, 0) is 44.0 Å². The van der Waals surface area contributed by atoms with E-state index in [1.54, 1.807) is 6.26 Å². The average Bonchev–Trinajstić information content (AvgIpc) is 3.46. The van der Waals surface area contributed by atoms with Gasteiger partial charge in [0.05, 0.1) is 18.8 Å². The SMILES string of the molecule is CCNC(=NCc1cccc(Cn2ccnc2C)c1)NCc1coc(-c2ccc(C)cc2)n1. The van der Waals surface area contributed by atoms with Gasteiger partial charge in [-0.1, -0.05) is 42.0 Å². The molecule has 2 aromatic carbocycles. The molecule has 2 heterocycles. The highest BCUT2D eigenvalue weighted by Gasteiger charge is 2.08. The van der Waals surface area contributed by atoms with E-state index < -0.39 is 0 Å². The number of guanidine groups is 1. The molecule has 0 aliphatic heterocycles. The van der Waals surface area contributed by atoms with E-state index >= 15 is 0 Å². The molecule has 0 bridgehead atoms. The van der Waals surface area contributed by atoms with Gasteiger partial charge >= 0.3 is 0 Å². The molecule has 170 valence electrons. The van der Waals surface area contributed by atoms with Gasteiger partial charge in [-0.15, -0.1) is 0 Å². The van der Waals surface area contributed by atoms with Crippen LogP contribution in [-0.2, 0) is 19.6 Å². The van der Waals surface area contributed by atoms with Crippen molar-refractivity contribution < 1.29 is 4.42 Å². The highest BCUT2D eigenvalue weighted by atomic mass is 16.3. The third-order valence-electron chi connectivity index (χ3n) is 5.32. The van der Waals surface area contributed by atoms with Crippen molar-refractivity contribution in [3.63, 3.8) is 0 Å². The van der Waals surface area contributed by atoms with E-state index in [0.29, 0.717) is 19.0 Å². The second-order valence-electron chi connectivity index (χ2n) is 7.98. The Bertz CT molecular complexity index is 1210. The summed E-state index contributed by atoms with van der Waals surface area (Å²) < 4.78 is 7.79. The van der Waals surface area contributed by atoms with E-state index in [-0.39, 0.29) is 0 Å². The molecule has 0 aliphatic carbocycles. The van der Waals surface area contributed by atoms with Crippen LogP contribution in [0.5, 0.6) is 0 Å². The Hall–Kier alpha value is -3.87. The van der Waals surface area contributed by atoms with Crippen molar-refractivity contribution in [2.24, 2.45) is 4.99 Å². The number of rotatable bonds is 8. The van der Waals surface area contributed by atoms with Crippen molar-refractivity contribution in [1.29, 1.82) is 0 Å². The van der Waals surface area contributed by atoms with Crippen molar-refractivity contribution in [3.8, 4) is 11.5 Å². The van der Waals surface area contributed by atoms with Gasteiger partial charge in [0.1, 0.15) is 12.1 Å². The van der Waals surface area contributed by atoms with Crippen LogP contribution in [0.3, 0.4) is 0 Å². The van der Waals surface area contributed by atoms with Crippen LogP contribution in [0.25, 0.3) is 11.5 Å². The van der Waals surface area contributed by atoms with Crippen LogP contribution in [0.4, 0.5) is 0 Å².